The predicted molar refractivity (Wildman–Crippen MR) is 72.9 cm³/mol. The molecule has 98 valence electrons. The lowest BCUT2D eigenvalue weighted by Gasteiger charge is -2.17. The highest BCUT2D eigenvalue weighted by atomic mass is 16.5. The summed E-state index contributed by atoms with van der Waals surface area (Å²) in [6.07, 6.45) is -0.603. The van der Waals surface area contributed by atoms with Gasteiger partial charge in [-0.05, 0) is 24.3 Å². The van der Waals surface area contributed by atoms with Crippen LogP contribution < -0.4 is 9.47 Å². The van der Waals surface area contributed by atoms with Crippen LogP contribution in [0, 0.1) is 0 Å². The van der Waals surface area contributed by atoms with Crippen molar-refractivity contribution in [1.29, 1.82) is 0 Å². The van der Waals surface area contributed by atoms with E-state index in [4.69, 9.17) is 9.47 Å². The Labute approximate surface area is 112 Å². The van der Waals surface area contributed by atoms with Gasteiger partial charge in [0.25, 0.3) is 0 Å². The number of hydrogen-bond donors (Lipinski definition) is 1. The second-order valence-corrected chi connectivity index (χ2v) is 4.78. The molecule has 0 spiro atoms. The zero-order valence-corrected chi connectivity index (χ0v) is 11.0. The van der Waals surface area contributed by atoms with E-state index in [1.165, 1.54) is 0 Å². The molecule has 0 saturated carbocycles. The van der Waals surface area contributed by atoms with E-state index in [2.05, 4.69) is 0 Å². The molecule has 2 aromatic rings. The zero-order valence-electron chi connectivity index (χ0n) is 11.0. The molecule has 0 amide bonds. The fourth-order valence-electron chi connectivity index (χ4n) is 2.49. The summed E-state index contributed by atoms with van der Waals surface area (Å²) in [5, 5.41) is 10.5. The van der Waals surface area contributed by atoms with E-state index in [9.17, 15) is 5.11 Å². The molecule has 3 rings (SSSR count). The Balaban J connectivity index is 2.16. The van der Waals surface area contributed by atoms with Gasteiger partial charge in [0.15, 0.2) is 0 Å². The van der Waals surface area contributed by atoms with E-state index in [0.717, 1.165) is 22.6 Å². The zero-order chi connectivity index (χ0) is 13.4. The number of hydrogen-bond acceptors (Lipinski definition) is 3. The molecule has 0 aromatic heterocycles. The highest BCUT2D eigenvalue weighted by Gasteiger charge is 2.28. The van der Waals surface area contributed by atoms with Gasteiger partial charge in [-0.2, -0.15) is 0 Å². The van der Waals surface area contributed by atoms with E-state index in [1.54, 1.807) is 7.11 Å². The summed E-state index contributed by atoms with van der Waals surface area (Å²) in [4.78, 5) is 0. The molecule has 3 nitrogen and oxygen atoms in total. The van der Waals surface area contributed by atoms with Crippen LogP contribution >= 0.6 is 0 Å². The number of para-hydroxylation sites is 1. The maximum Gasteiger partial charge on any atom is 0.133 e. The molecule has 1 aliphatic heterocycles. The molecule has 0 bridgehead atoms. The highest BCUT2D eigenvalue weighted by molar-refractivity contribution is 5.50. The Morgan fingerprint density at radius 1 is 1.05 bits per heavy atom. The Hall–Kier alpha value is -2.00. The highest BCUT2D eigenvalue weighted by Crippen LogP contribution is 2.45. The van der Waals surface area contributed by atoms with E-state index in [1.807, 2.05) is 49.4 Å². The van der Waals surface area contributed by atoms with Crippen molar-refractivity contribution in [3.05, 3.63) is 53.6 Å². The van der Waals surface area contributed by atoms with Crippen molar-refractivity contribution in [1.82, 2.24) is 0 Å². The first-order valence-electron chi connectivity index (χ1n) is 6.33. The Bertz CT molecular complexity index is 607. The number of benzene rings is 2. The van der Waals surface area contributed by atoms with Gasteiger partial charge in [-0.3, -0.25) is 0 Å². The van der Waals surface area contributed by atoms with Gasteiger partial charge in [0, 0.05) is 17.0 Å². The van der Waals surface area contributed by atoms with Crippen LogP contribution in [0.5, 0.6) is 17.2 Å². The molecule has 0 fully saturated rings. The van der Waals surface area contributed by atoms with E-state index in [-0.39, 0.29) is 5.92 Å². The molecule has 2 atom stereocenters. The minimum atomic E-state index is -0.603. The van der Waals surface area contributed by atoms with Gasteiger partial charge in [0.05, 0.1) is 13.2 Å². The first kappa shape index (κ1) is 12.1. The number of aliphatic hydroxyl groups excluding tert-OH is 1. The van der Waals surface area contributed by atoms with E-state index < -0.39 is 6.10 Å². The Kier molecular flexibility index (Phi) is 2.91. The van der Waals surface area contributed by atoms with E-state index in [0.29, 0.717) is 5.75 Å². The van der Waals surface area contributed by atoms with Crippen LogP contribution in [0.3, 0.4) is 0 Å². The lowest BCUT2D eigenvalue weighted by molar-refractivity contribution is 0.152. The molecule has 3 heteroatoms. The van der Waals surface area contributed by atoms with Crippen molar-refractivity contribution in [3.8, 4) is 17.2 Å². The van der Waals surface area contributed by atoms with Gasteiger partial charge >= 0.3 is 0 Å². The van der Waals surface area contributed by atoms with Crippen LogP contribution in [-0.2, 0) is 0 Å². The van der Waals surface area contributed by atoms with Gasteiger partial charge < -0.3 is 14.6 Å². The van der Waals surface area contributed by atoms with Gasteiger partial charge in [-0.1, -0.05) is 25.1 Å². The van der Waals surface area contributed by atoms with Gasteiger partial charge in [0.2, 0.25) is 0 Å². The molecule has 19 heavy (non-hydrogen) atoms. The Morgan fingerprint density at radius 3 is 2.58 bits per heavy atom. The van der Waals surface area contributed by atoms with Crippen molar-refractivity contribution in [2.45, 2.75) is 18.9 Å². The molecule has 0 aliphatic carbocycles. The lowest BCUT2D eigenvalue weighted by Crippen LogP contribution is -2.06. The maximum absolute atomic E-state index is 10.5. The van der Waals surface area contributed by atoms with Crippen LogP contribution in [0.4, 0.5) is 0 Å². The third-order valence-electron chi connectivity index (χ3n) is 3.64. The average molecular weight is 256 g/mol. The fourth-order valence-corrected chi connectivity index (χ4v) is 2.49. The van der Waals surface area contributed by atoms with Crippen LogP contribution in [0.15, 0.2) is 42.5 Å². The lowest BCUT2D eigenvalue weighted by atomic mass is 9.91. The summed E-state index contributed by atoms with van der Waals surface area (Å²) in [5.74, 6) is 2.19. The van der Waals surface area contributed by atoms with Gasteiger partial charge in [-0.25, -0.2) is 0 Å². The quantitative estimate of drug-likeness (QED) is 0.846. The first-order chi connectivity index (χ1) is 9.20. The summed E-state index contributed by atoms with van der Waals surface area (Å²) >= 11 is 0. The summed E-state index contributed by atoms with van der Waals surface area (Å²) in [7, 11) is 1.61. The number of rotatable bonds is 1. The van der Waals surface area contributed by atoms with Crippen molar-refractivity contribution in [3.63, 3.8) is 0 Å². The molecule has 0 saturated heterocycles. The van der Waals surface area contributed by atoms with Gasteiger partial charge in [0.1, 0.15) is 17.2 Å². The summed E-state index contributed by atoms with van der Waals surface area (Å²) in [5.41, 5.74) is 1.79. The first-order valence-corrected chi connectivity index (χ1v) is 6.33. The van der Waals surface area contributed by atoms with Crippen molar-refractivity contribution in [2.75, 3.05) is 7.11 Å². The molecule has 2 unspecified atom stereocenters. The smallest absolute Gasteiger partial charge is 0.133 e. The second-order valence-electron chi connectivity index (χ2n) is 4.78. The summed E-state index contributed by atoms with van der Waals surface area (Å²) < 4.78 is 11.1. The maximum atomic E-state index is 10.5. The standard InChI is InChI=1S/C16H16O3/c1-10-12-5-3-4-6-14(12)19-15-8-7-11(18-2)9-13(15)16(10)17/h3-10,16-17H,1-2H3. The minimum absolute atomic E-state index is 0.0236. The second kappa shape index (κ2) is 4.59. The Morgan fingerprint density at radius 2 is 1.79 bits per heavy atom. The minimum Gasteiger partial charge on any atom is -0.497 e. The van der Waals surface area contributed by atoms with Crippen LogP contribution in [0.1, 0.15) is 30.1 Å². The van der Waals surface area contributed by atoms with Crippen molar-refractivity contribution in [2.24, 2.45) is 0 Å². The van der Waals surface area contributed by atoms with Crippen LogP contribution in [0.25, 0.3) is 0 Å². The summed E-state index contributed by atoms with van der Waals surface area (Å²) in [6.45, 7) is 2.00. The molecule has 0 radical (unpaired) electrons. The van der Waals surface area contributed by atoms with Crippen LogP contribution in [0.2, 0.25) is 0 Å². The fraction of sp³-hybridized carbons (Fsp3) is 0.250. The monoisotopic (exact) mass is 256 g/mol. The molecular formula is C16H16O3. The summed E-state index contributed by atoms with van der Waals surface area (Å²) in [6, 6.07) is 13.3. The number of aliphatic hydroxyl groups is 1. The molecule has 2 aromatic carbocycles. The third-order valence-corrected chi connectivity index (χ3v) is 3.64. The molecule has 1 heterocycles. The normalized spacial score (nSPS) is 20.8. The number of ether oxygens (including phenoxy) is 2. The molecule has 1 N–H and O–H groups in total. The van der Waals surface area contributed by atoms with Crippen molar-refractivity contribution >= 4 is 0 Å². The van der Waals surface area contributed by atoms with Crippen LogP contribution in [-0.4, -0.2) is 12.2 Å². The molecule has 1 aliphatic rings. The topological polar surface area (TPSA) is 38.7 Å². The average Bonchev–Trinajstić information content (AvgIpc) is 2.56. The predicted octanol–water partition coefficient (Wildman–Crippen LogP) is 3.64. The largest absolute Gasteiger partial charge is 0.497 e. The third kappa shape index (κ3) is 1.96. The number of methoxy groups -OCH3 is 1. The molecular weight excluding hydrogens is 240 g/mol. The van der Waals surface area contributed by atoms with Crippen molar-refractivity contribution < 1.29 is 14.6 Å². The van der Waals surface area contributed by atoms with Gasteiger partial charge in [-0.15, -0.1) is 0 Å². The van der Waals surface area contributed by atoms with E-state index >= 15 is 0 Å². The number of fused-ring (bicyclic) bond motifs is 2. The SMILES string of the molecule is COc1ccc2c(c1)C(O)C(C)c1ccccc1O2.